The van der Waals surface area contributed by atoms with E-state index in [1.807, 2.05) is 6.92 Å². The second-order valence-corrected chi connectivity index (χ2v) is 9.58. The Bertz CT molecular complexity index is 1040. The number of rotatable bonds is 3. The minimum absolute atomic E-state index is 0.0163. The number of anilines is 1. The zero-order valence-corrected chi connectivity index (χ0v) is 18.4. The third-order valence-corrected chi connectivity index (χ3v) is 7.36. The molecule has 2 fully saturated rings. The number of hydrogen-bond donors (Lipinski definition) is 0. The van der Waals surface area contributed by atoms with E-state index in [-0.39, 0.29) is 23.8 Å². The van der Waals surface area contributed by atoms with Crippen LogP contribution in [0.2, 0.25) is 0 Å². The highest BCUT2D eigenvalue weighted by Gasteiger charge is 2.40. The molecule has 31 heavy (non-hydrogen) atoms. The third kappa shape index (κ3) is 3.60. The van der Waals surface area contributed by atoms with Crippen molar-refractivity contribution in [2.75, 3.05) is 31.1 Å². The van der Waals surface area contributed by atoms with Crippen LogP contribution in [-0.4, -0.2) is 69.9 Å². The molecular weight excluding hydrogens is 414 g/mol. The van der Waals surface area contributed by atoms with Crippen LogP contribution in [-0.2, 0) is 0 Å². The first-order valence-electron chi connectivity index (χ1n) is 10.9. The molecule has 0 atom stereocenters. The molecule has 0 unspecified atom stereocenters. The first kappa shape index (κ1) is 20.1. The number of benzene rings is 1. The molecule has 1 aliphatic carbocycles. The van der Waals surface area contributed by atoms with E-state index in [9.17, 15) is 14.4 Å². The lowest BCUT2D eigenvalue weighted by Crippen LogP contribution is -2.48. The lowest BCUT2D eigenvalue weighted by molar-refractivity contribution is 0.0548. The molecule has 3 heterocycles. The highest BCUT2D eigenvalue weighted by Crippen LogP contribution is 2.32. The number of carbonyl (C=O) groups is 3. The minimum Gasteiger partial charge on any atom is -0.343 e. The summed E-state index contributed by atoms with van der Waals surface area (Å²) in [6, 6.07) is 4.92. The molecule has 1 saturated heterocycles. The molecule has 3 amide bonds. The van der Waals surface area contributed by atoms with Gasteiger partial charge in [-0.2, -0.15) is 0 Å². The molecule has 1 aromatic heterocycles. The molecule has 5 rings (SSSR count). The second kappa shape index (κ2) is 8.03. The summed E-state index contributed by atoms with van der Waals surface area (Å²) >= 11 is 1.55. The van der Waals surface area contributed by atoms with Crippen molar-refractivity contribution in [1.29, 1.82) is 0 Å². The number of fused-ring (bicyclic) bond motifs is 1. The number of nitrogens with zero attached hydrogens (tertiary/aromatic N) is 5. The normalized spacial score (nSPS) is 19.8. The number of hydrogen-bond acceptors (Lipinski definition) is 7. The van der Waals surface area contributed by atoms with E-state index >= 15 is 0 Å². The zero-order chi connectivity index (χ0) is 21.5. The smallest absolute Gasteiger partial charge is 0.261 e. The summed E-state index contributed by atoms with van der Waals surface area (Å²) in [5.41, 5.74) is 1.25. The van der Waals surface area contributed by atoms with Crippen LogP contribution in [0.4, 0.5) is 5.13 Å². The first-order chi connectivity index (χ1) is 15.0. The molecule has 9 heteroatoms. The van der Waals surface area contributed by atoms with Gasteiger partial charge in [-0.25, -0.2) is 0 Å². The van der Waals surface area contributed by atoms with E-state index in [4.69, 9.17) is 0 Å². The van der Waals surface area contributed by atoms with Gasteiger partial charge in [0.05, 0.1) is 11.1 Å². The van der Waals surface area contributed by atoms with E-state index in [0.29, 0.717) is 42.9 Å². The van der Waals surface area contributed by atoms with Crippen LogP contribution in [0.15, 0.2) is 18.2 Å². The van der Waals surface area contributed by atoms with Crippen LogP contribution in [0.5, 0.6) is 0 Å². The average molecular weight is 440 g/mol. The minimum atomic E-state index is -0.252. The SMILES string of the molecule is Cc1nnc(N2CCN(C(=O)c3ccc4c(c3)C(=O)N(C3CCCCC3)C4=O)CC2)s1. The lowest BCUT2D eigenvalue weighted by atomic mass is 9.94. The van der Waals surface area contributed by atoms with Crippen LogP contribution in [0, 0.1) is 6.92 Å². The highest BCUT2D eigenvalue weighted by molar-refractivity contribution is 7.15. The van der Waals surface area contributed by atoms with Gasteiger partial charge in [0.25, 0.3) is 17.7 Å². The molecule has 2 aliphatic heterocycles. The standard InChI is InChI=1S/C22H25N5O3S/c1-14-23-24-22(31-14)26-11-9-25(10-12-26)19(28)15-7-8-17-18(13-15)21(30)27(20(17)29)16-5-3-2-4-6-16/h7-8,13,16H,2-6,9-12H2,1H3. The van der Waals surface area contributed by atoms with Gasteiger partial charge in [0.2, 0.25) is 5.13 Å². The fraction of sp³-hybridized carbons (Fsp3) is 0.500. The van der Waals surface area contributed by atoms with Crippen molar-refractivity contribution in [3.05, 3.63) is 39.9 Å². The molecule has 3 aliphatic rings. The summed E-state index contributed by atoms with van der Waals surface area (Å²) < 4.78 is 0. The van der Waals surface area contributed by atoms with Crippen LogP contribution < -0.4 is 4.90 Å². The molecule has 0 bridgehead atoms. The molecule has 0 spiro atoms. The Morgan fingerprint density at radius 1 is 0.968 bits per heavy atom. The topological polar surface area (TPSA) is 86.7 Å². The van der Waals surface area contributed by atoms with Crippen molar-refractivity contribution in [3.63, 3.8) is 0 Å². The molecule has 1 saturated carbocycles. The van der Waals surface area contributed by atoms with Crippen molar-refractivity contribution < 1.29 is 14.4 Å². The summed E-state index contributed by atoms with van der Waals surface area (Å²) in [6.45, 7) is 4.47. The molecule has 0 N–H and O–H groups in total. The quantitative estimate of drug-likeness (QED) is 0.684. The maximum Gasteiger partial charge on any atom is 0.261 e. The Kier molecular flexibility index (Phi) is 5.21. The van der Waals surface area contributed by atoms with Crippen molar-refractivity contribution in [3.8, 4) is 0 Å². The second-order valence-electron chi connectivity index (χ2n) is 8.42. The van der Waals surface area contributed by atoms with Gasteiger partial charge in [-0.1, -0.05) is 30.6 Å². The van der Waals surface area contributed by atoms with Gasteiger partial charge in [0.15, 0.2) is 0 Å². The van der Waals surface area contributed by atoms with E-state index in [0.717, 1.165) is 42.2 Å². The van der Waals surface area contributed by atoms with Crippen LogP contribution >= 0.6 is 11.3 Å². The summed E-state index contributed by atoms with van der Waals surface area (Å²) in [6.07, 6.45) is 4.99. The average Bonchev–Trinajstić information content (AvgIpc) is 3.35. The first-order valence-corrected chi connectivity index (χ1v) is 11.7. The van der Waals surface area contributed by atoms with Crippen LogP contribution in [0.1, 0.15) is 68.2 Å². The number of imide groups is 1. The van der Waals surface area contributed by atoms with Gasteiger partial charge in [0.1, 0.15) is 5.01 Å². The fourth-order valence-electron chi connectivity index (χ4n) is 4.76. The van der Waals surface area contributed by atoms with Crippen molar-refractivity contribution in [2.24, 2.45) is 0 Å². The highest BCUT2D eigenvalue weighted by atomic mass is 32.1. The lowest BCUT2D eigenvalue weighted by Gasteiger charge is -2.34. The molecule has 162 valence electrons. The van der Waals surface area contributed by atoms with E-state index in [2.05, 4.69) is 15.1 Å². The van der Waals surface area contributed by atoms with Gasteiger partial charge in [-0.15, -0.1) is 10.2 Å². The Morgan fingerprint density at radius 2 is 1.68 bits per heavy atom. The van der Waals surface area contributed by atoms with Crippen LogP contribution in [0.3, 0.4) is 0 Å². The van der Waals surface area contributed by atoms with Gasteiger partial charge in [-0.05, 0) is 38.0 Å². The number of aromatic nitrogens is 2. The fourth-order valence-corrected chi connectivity index (χ4v) is 5.50. The van der Waals surface area contributed by atoms with Gasteiger partial charge in [-0.3, -0.25) is 19.3 Å². The van der Waals surface area contributed by atoms with E-state index < -0.39 is 0 Å². The van der Waals surface area contributed by atoms with Gasteiger partial charge < -0.3 is 9.80 Å². The third-order valence-electron chi connectivity index (χ3n) is 6.46. The monoisotopic (exact) mass is 439 g/mol. The molecule has 8 nitrogen and oxygen atoms in total. The molecule has 2 aromatic rings. The Morgan fingerprint density at radius 3 is 2.35 bits per heavy atom. The summed E-state index contributed by atoms with van der Waals surface area (Å²) in [4.78, 5) is 44.3. The predicted octanol–water partition coefficient (Wildman–Crippen LogP) is 2.74. The van der Waals surface area contributed by atoms with Gasteiger partial charge in [0, 0.05) is 37.8 Å². The summed E-state index contributed by atoms with van der Waals surface area (Å²) in [5.74, 6) is -0.572. The Hall–Kier alpha value is -2.81. The van der Waals surface area contributed by atoms with E-state index in [1.165, 1.54) is 4.90 Å². The van der Waals surface area contributed by atoms with Crippen molar-refractivity contribution in [2.45, 2.75) is 45.1 Å². The Labute approximate surface area is 184 Å². The number of carbonyl (C=O) groups excluding carboxylic acids is 3. The predicted molar refractivity (Wildman–Crippen MR) is 117 cm³/mol. The van der Waals surface area contributed by atoms with Crippen LogP contribution in [0.25, 0.3) is 0 Å². The number of amides is 3. The van der Waals surface area contributed by atoms with Crippen molar-refractivity contribution in [1.82, 2.24) is 20.0 Å². The molecule has 0 radical (unpaired) electrons. The van der Waals surface area contributed by atoms with Gasteiger partial charge >= 0.3 is 0 Å². The maximum atomic E-state index is 13.1. The largest absolute Gasteiger partial charge is 0.343 e. The Balaban J connectivity index is 1.29. The maximum absolute atomic E-state index is 13.1. The summed E-state index contributed by atoms with van der Waals surface area (Å²) in [5, 5.41) is 10.1. The molecular formula is C22H25N5O3S. The zero-order valence-electron chi connectivity index (χ0n) is 17.5. The molecule has 1 aromatic carbocycles. The number of aryl methyl sites for hydroxylation is 1. The van der Waals surface area contributed by atoms with E-state index in [1.54, 1.807) is 34.4 Å². The number of piperazine rings is 1. The van der Waals surface area contributed by atoms with Crippen molar-refractivity contribution >= 4 is 34.2 Å². The summed E-state index contributed by atoms with van der Waals surface area (Å²) in [7, 11) is 0.